The van der Waals surface area contributed by atoms with E-state index >= 15 is 0 Å². The van der Waals surface area contributed by atoms with E-state index in [0.29, 0.717) is 0 Å². The number of carbonyl (C=O) groups excluding carboxylic acids is 3. The van der Waals surface area contributed by atoms with Crippen LogP contribution in [0.1, 0.15) is 48.6 Å². The van der Waals surface area contributed by atoms with Gasteiger partial charge in [-0.3, -0.25) is 0 Å². The highest BCUT2D eigenvalue weighted by molar-refractivity contribution is 5.90. The maximum atomic E-state index is 12.2. The first-order valence-electron chi connectivity index (χ1n) is 12.9. The molecule has 3 aromatic carbocycles. The standard InChI is InChI=1S/C34H32O6/c1-8-32(35)40-31-12-10-23-15-24(9-11-28(23)31)29-13-22(7)30(14-21(29)6)25-16-26(38-33(36)19(2)3)18-27(17-25)39-34(37)20(4)5/h8-9,11,13-18,31H,1-2,4,10,12H2,3,5-7H3. The summed E-state index contributed by atoms with van der Waals surface area (Å²) in [6, 6.07) is 15.4. The second-order valence-electron chi connectivity index (χ2n) is 10.1. The molecule has 0 bridgehead atoms. The molecular formula is C34H32O6. The van der Waals surface area contributed by atoms with Crippen LogP contribution < -0.4 is 9.47 Å². The quantitative estimate of drug-likeness (QED) is 0.171. The van der Waals surface area contributed by atoms with E-state index in [9.17, 15) is 14.4 Å². The van der Waals surface area contributed by atoms with E-state index in [0.717, 1.165) is 57.3 Å². The van der Waals surface area contributed by atoms with Crippen LogP contribution >= 0.6 is 0 Å². The molecule has 6 nitrogen and oxygen atoms in total. The minimum Gasteiger partial charge on any atom is -0.454 e. The van der Waals surface area contributed by atoms with E-state index in [-0.39, 0.29) is 28.7 Å². The van der Waals surface area contributed by atoms with Crippen LogP contribution in [0, 0.1) is 13.8 Å². The van der Waals surface area contributed by atoms with Crippen LogP contribution in [0.5, 0.6) is 11.5 Å². The second-order valence-corrected chi connectivity index (χ2v) is 10.1. The molecule has 0 heterocycles. The lowest BCUT2D eigenvalue weighted by atomic mass is 9.90. The zero-order chi connectivity index (χ0) is 29.1. The molecule has 0 fully saturated rings. The van der Waals surface area contributed by atoms with E-state index in [1.807, 2.05) is 26.0 Å². The Balaban J connectivity index is 1.71. The molecule has 0 N–H and O–H groups in total. The first-order chi connectivity index (χ1) is 19.0. The number of fused-ring (bicyclic) bond motifs is 1. The number of hydrogen-bond acceptors (Lipinski definition) is 6. The Morgan fingerprint density at radius 3 is 1.88 bits per heavy atom. The van der Waals surface area contributed by atoms with E-state index in [1.165, 1.54) is 12.1 Å². The Morgan fingerprint density at radius 1 is 0.800 bits per heavy atom. The number of hydrogen-bond donors (Lipinski definition) is 0. The number of rotatable bonds is 8. The van der Waals surface area contributed by atoms with Crippen molar-refractivity contribution in [2.24, 2.45) is 0 Å². The smallest absolute Gasteiger partial charge is 0.338 e. The number of ether oxygens (including phenoxy) is 3. The average Bonchev–Trinajstić information content (AvgIpc) is 3.30. The Hall–Kier alpha value is -4.71. The van der Waals surface area contributed by atoms with Crippen LogP contribution in [0.2, 0.25) is 0 Å². The highest BCUT2D eigenvalue weighted by Gasteiger charge is 2.26. The van der Waals surface area contributed by atoms with Gasteiger partial charge in [0.25, 0.3) is 0 Å². The molecule has 0 aromatic heterocycles. The van der Waals surface area contributed by atoms with Gasteiger partial charge in [0.15, 0.2) is 0 Å². The Morgan fingerprint density at radius 2 is 1.35 bits per heavy atom. The van der Waals surface area contributed by atoms with Gasteiger partial charge >= 0.3 is 17.9 Å². The summed E-state index contributed by atoms with van der Waals surface area (Å²) in [6.07, 6.45) is 2.52. The van der Waals surface area contributed by atoms with Gasteiger partial charge in [-0.1, -0.05) is 50.1 Å². The van der Waals surface area contributed by atoms with Crippen molar-refractivity contribution in [2.75, 3.05) is 0 Å². The number of benzene rings is 3. The fourth-order valence-electron chi connectivity index (χ4n) is 4.73. The molecule has 0 saturated carbocycles. The van der Waals surface area contributed by atoms with Crippen molar-refractivity contribution in [1.82, 2.24) is 0 Å². The maximum Gasteiger partial charge on any atom is 0.338 e. The van der Waals surface area contributed by atoms with Crippen LogP contribution in [0.4, 0.5) is 0 Å². The molecular weight excluding hydrogens is 504 g/mol. The third kappa shape index (κ3) is 6.12. The van der Waals surface area contributed by atoms with Gasteiger partial charge in [0.1, 0.15) is 17.6 Å². The molecule has 3 aromatic rings. The van der Waals surface area contributed by atoms with Gasteiger partial charge in [0.2, 0.25) is 0 Å². The van der Waals surface area contributed by atoms with Gasteiger partial charge in [-0.25, -0.2) is 14.4 Å². The predicted molar refractivity (Wildman–Crippen MR) is 155 cm³/mol. The van der Waals surface area contributed by atoms with Crippen LogP contribution in [-0.4, -0.2) is 17.9 Å². The predicted octanol–water partition coefficient (Wildman–Crippen LogP) is 7.32. The zero-order valence-electron chi connectivity index (χ0n) is 23.3. The monoisotopic (exact) mass is 536 g/mol. The Bertz CT molecular complexity index is 1530. The third-order valence-corrected chi connectivity index (χ3v) is 6.78. The maximum absolute atomic E-state index is 12.2. The highest BCUT2D eigenvalue weighted by atomic mass is 16.5. The highest BCUT2D eigenvalue weighted by Crippen LogP contribution is 2.39. The normalized spacial score (nSPS) is 13.7. The summed E-state index contributed by atoms with van der Waals surface area (Å²) < 4.78 is 16.5. The van der Waals surface area contributed by atoms with E-state index in [4.69, 9.17) is 14.2 Å². The van der Waals surface area contributed by atoms with E-state index in [1.54, 1.807) is 26.0 Å². The molecule has 0 aliphatic heterocycles. The Kier molecular flexibility index (Phi) is 8.19. The van der Waals surface area contributed by atoms with Crippen LogP contribution in [0.3, 0.4) is 0 Å². The molecule has 1 unspecified atom stereocenters. The fourth-order valence-corrected chi connectivity index (χ4v) is 4.73. The number of carbonyl (C=O) groups is 3. The van der Waals surface area contributed by atoms with Crippen molar-refractivity contribution in [3.05, 3.63) is 108 Å². The summed E-state index contributed by atoms with van der Waals surface area (Å²) in [4.78, 5) is 36.1. The van der Waals surface area contributed by atoms with E-state index in [2.05, 4.69) is 37.9 Å². The minimum atomic E-state index is -0.573. The van der Waals surface area contributed by atoms with Crippen molar-refractivity contribution in [3.63, 3.8) is 0 Å². The van der Waals surface area contributed by atoms with Crippen LogP contribution in [0.25, 0.3) is 22.3 Å². The lowest BCUT2D eigenvalue weighted by Gasteiger charge is -2.16. The molecule has 4 rings (SSSR count). The van der Waals surface area contributed by atoms with Crippen LogP contribution in [-0.2, 0) is 25.5 Å². The van der Waals surface area contributed by atoms with Crippen molar-refractivity contribution in [2.45, 2.75) is 46.6 Å². The summed E-state index contributed by atoms with van der Waals surface area (Å²) in [5.41, 5.74) is 8.50. The lowest BCUT2D eigenvalue weighted by Crippen LogP contribution is -2.10. The van der Waals surface area contributed by atoms with Gasteiger partial charge in [0, 0.05) is 23.3 Å². The molecule has 0 amide bonds. The SMILES string of the molecule is C=CC(=O)OC1CCc2cc(-c3cc(C)c(-c4cc(OC(=O)C(=C)C)cc(OC(=O)C(=C)C)c4)cc3C)ccc21. The summed E-state index contributed by atoms with van der Waals surface area (Å²) in [5.74, 6) is -1.09. The van der Waals surface area contributed by atoms with Crippen LogP contribution in [0.15, 0.2) is 85.5 Å². The van der Waals surface area contributed by atoms with Crippen molar-refractivity contribution < 1.29 is 28.6 Å². The molecule has 6 heteroatoms. The van der Waals surface area contributed by atoms with Gasteiger partial charge < -0.3 is 14.2 Å². The molecule has 40 heavy (non-hydrogen) atoms. The topological polar surface area (TPSA) is 78.9 Å². The molecule has 0 radical (unpaired) electrons. The Labute approximate surface area is 234 Å². The fraction of sp³-hybridized carbons (Fsp3) is 0.206. The second kappa shape index (κ2) is 11.6. The van der Waals surface area contributed by atoms with Gasteiger partial charge in [0.05, 0.1) is 0 Å². The zero-order valence-corrected chi connectivity index (χ0v) is 23.3. The van der Waals surface area contributed by atoms with Gasteiger partial charge in [-0.2, -0.15) is 0 Å². The summed E-state index contributed by atoms with van der Waals surface area (Å²) in [6.45, 7) is 17.9. The van der Waals surface area contributed by atoms with Gasteiger partial charge in [-0.15, -0.1) is 0 Å². The first-order valence-corrected chi connectivity index (χ1v) is 12.9. The molecule has 1 aliphatic carbocycles. The molecule has 0 saturated heterocycles. The van der Waals surface area contributed by atoms with Crippen molar-refractivity contribution in [3.8, 4) is 33.8 Å². The lowest BCUT2D eigenvalue weighted by molar-refractivity contribution is -0.143. The number of aryl methyl sites for hydroxylation is 3. The first kappa shape index (κ1) is 28.3. The summed E-state index contributed by atoms with van der Waals surface area (Å²) in [5, 5.41) is 0. The molecule has 1 atom stereocenters. The van der Waals surface area contributed by atoms with Gasteiger partial charge in [-0.05, 0) is 97.2 Å². The van der Waals surface area contributed by atoms with E-state index < -0.39 is 17.9 Å². The minimum absolute atomic E-state index is 0.237. The molecule has 0 spiro atoms. The largest absolute Gasteiger partial charge is 0.454 e. The van der Waals surface area contributed by atoms with Crippen molar-refractivity contribution >= 4 is 17.9 Å². The third-order valence-electron chi connectivity index (χ3n) is 6.78. The summed E-state index contributed by atoms with van der Waals surface area (Å²) >= 11 is 0. The van der Waals surface area contributed by atoms with Crippen molar-refractivity contribution in [1.29, 1.82) is 0 Å². The average molecular weight is 537 g/mol. The summed E-state index contributed by atoms with van der Waals surface area (Å²) in [7, 11) is 0. The molecule has 1 aliphatic rings. The number of esters is 3. The molecule has 204 valence electrons.